The molecule has 5 nitrogen and oxygen atoms in total. The number of ether oxygens (including phenoxy) is 1. The second kappa shape index (κ2) is 11.6. The zero-order valence-electron chi connectivity index (χ0n) is 18.4. The summed E-state index contributed by atoms with van der Waals surface area (Å²) in [6, 6.07) is 11.0. The number of hydrogen-bond donors (Lipinski definition) is 1. The topological polar surface area (TPSA) is 58.6 Å². The van der Waals surface area contributed by atoms with Crippen molar-refractivity contribution < 1.29 is 23.1 Å². The van der Waals surface area contributed by atoms with Gasteiger partial charge in [0.15, 0.2) is 0 Å². The Hall–Kier alpha value is -2.96. The molecule has 0 aliphatic carbocycles. The maximum Gasteiger partial charge on any atom is 0.254 e. The average Bonchev–Trinajstić information content (AvgIpc) is 2.81. The molecule has 1 aliphatic heterocycles. The van der Waals surface area contributed by atoms with Gasteiger partial charge < -0.3 is 15.0 Å². The van der Waals surface area contributed by atoms with Crippen LogP contribution in [0.3, 0.4) is 0 Å². The molecule has 0 spiro atoms. The minimum absolute atomic E-state index is 0.0841. The van der Waals surface area contributed by atoms with E-state index in [1.54, 1.807) is 7.11 Å². The third kappa shape index (κ3) is 6.77. The summed E-state index contributed by atoms with van der Waals surface area (Å²) in [5.41, 5.74) is 1.10. The molecular formula is C25H30F2N2O3. The molecule has 2 aromatic carbocycles. The number of benzene rings is 2. The Morgan fingerprint density at radius 1 is 1.09 bits per heavy atom. The number of halogens is 2. The van der Waals surface area contributed by atoms with E-state index < -0.39 is 17.5 Å². The van der Waals surface area contributed by atoms with Crippen LogP contribution in [-0.2, 0) is 11.2 Å². The first-order chi connectivity index (χ1) is 15.5. The SMILES string of the molecule is COc1ccc(CCC2CCN(C(=O)CCCNC(=O)c3ccc(F)cc3F)CC2)cc1. The van der Waals surface area contributed by atoms with Gasteiger partial charge in [0.05, 0.1) is 12.7 Å². The first-order valence-electron chi connectivity index (χ1n) is 11.1. The van der Waals surface area contributed by atoms with Gasteiger partial charge >= 0.3 is 0 Å². The number of aryl methyl sites for hydroxylation is 1. The zero-order chi connectivity index (χ0) is 22.9. The van der Waals surface area contributed by atoms with Gasteiger partial charge in [-0.1, -0.05) is 12.1 Å². The van der Waals surface area contributed by atoms with Crippen LogP contribution in [0.2, 0.25) is 0 Å². The number of nitrogens with zero attached hydrogens (tertiary/aromatic N) is 1. The number of nitrogens with one attached hydrogen (secondary N) is 1. The Morgan fingerprint density at radius 2 is 1.81 bits per heavy atom. The number of carbonyl (C=O) groups is 2. The summed E-state index contributed by atoms with van der Waals surface area (Å²) in [6.07, 6.45) is 4.95. The molecule has 0 unspecified atom stereocenters. The van der Waals surface area contributed by atoms with E-state index in [0.29, 0.717) is 24.8 Å². The van der Waals surface area contributed by atoms with Crippen molar-refractivity contribution >= 4 is 11.8 Å². The lowest BCUT2D eigenvalue weighted by Gasteiger charge is -2.32. The highest BCUT2D eigenvalue weighted by Crippen LogP contribution is 2.23. The predicted octanol–water partition coefficient (Wildman–Crippen LogP) is 4.35. The molecular weight excluding hydrogens is 414 g/mol. The van der Waals surface area contributed by atoms with Crippen LogP contribution < -0.4 is 10.1 Å². The van der Waals surface area contributed by atoms with Crippen molar-refractivity contribution in [2.45, 2.75) is 38.5 Å². The molecule has 0 radical (unpaired) electrons. The van der Waals surface area contributed by atoms with Crippen LogP contribution in [0.5, 0.6) is 5.75 Å². The fourth-order valence-corrected chi connectivity index (χ4v) is 4.00. The molecule has 0 bridgehead atoms. The summed E-state index contributed by atoms with van der Waals surface area (Å²) in [6.45, 7) is 1.79. The molecule has 1 N–H and O–H groups in total. The Morgan fingerprint density at radius 3 is 2.47 bits per heavy atom. The van der Waals surface area contributed by atoms with Crippen molar-refractivity contribution in [3.63, 3.8) is 0 Å². The Bertz CT molecular complexity index is 910. The Kier molecular flexibility index (Phi) is 8.59. The Labute approximate surface area is 187 Å². The third-order valence-electron chi connectivity index (χ3n) is 6.00. The second-order valence-electron chi connectivity index (χ2n) is 8.19. The van der Waals surface area contributed by atoms with E-state index in [9.17, 15) is 18.4 Å². The predicted molar refractivity (Wildman–Crippen MR) is 119 cm³/mol. The van der Waals surface area contributed by atoms with E-state index in [4.69, 9.17) is 4.74 Å². The van der Waals surface area contributed by atoms with Gasteiger partial charge in [-0.05, 0) is 67.9 Å². The van der Waals surface area contributed by atoms with Crippen molar-refractivity contribution in [3.05, 3.63) is 65.2 Å². The second-order valence-corrected chi connectivity index (χ2v) is 8.19. The fourth-order valence-electron chi connectivity index (χ4n) is 4.00. The molecule has 172 valence electrons. The molecule has 7 heteroatoms. The smallest absolute Gasteiger partial charge is 0.254 e. The number of methoxy groups -OCH3 is 1. The Balaban J connectivity index is 1.31. The van der Waals surface area contributed by atoms with E-state index >= 15 is 0 Å². The normalized spacial score (nSPS) is 14.3. The molecule has 1 heterocycles. The highest BCUT2D eigenvalue weighted by Gasteiger charge is 2.22. The number of rotatable bonds is 9. The van der Waals surface area contributed by atoms with Crippen molar-refractivity contribution in [2.75, 3.05) is 26.7 Å². The summed E-state index contributed by atoms with van der Waals surface area (Å²) in [5, 5.41) is 2.58. The standard InChI is InChI=1S/C25H30F2N2O3/c1-32-21-9-6-18(7-10-21)4-5-19-12-15-29(16-13-19)24(30)3-2-14-28-25(31)22-11-8-20(26)17-23(22)27/h6-11,17,19H,2-5,12-16H2,1H3,(H,28,31). The largest absolute Gasteiger partial charge is 0.497 e. The summed E-state index contributed by atoms with van der Waals surface area (Å²) in [5.74, 6) is -0.662. The average molecular weight is 445 g/mol. The van der Waals surface area contributed by atoms with Gasteiger partial charge in [0, 0.05) is 32.1 Å². The molecule has 1 fully saturated rings. The quantitative estimate of drug-likeness (QED) is 0.585. The van der Waals surface area contributed by atoms with Crippen molar-refractivity contribution in [1.82, 2.24) is 10.2 Å². The molecule has 3 rings (SSSR count). The summed E-state index contributed by atoms with van der Waals surface area (Å²) >= 11 is 0. The van der Waals surface area contributed by atoms with E-state index in [1.807, 2.05) is 17.0 Å². The minimum Gasteiger partial charge on any atom is -0.497 e. The maximum atomic E-state index is 13.6. The zero-order valence-corrected chi connectivity index (χ0v) is 18.4. The first-order valence-corrected chi connectivity index (χ1v) is 11.1. The van der Waals surface area contributed by atoms with Gasteiger partial charge in [-0.3, -0.25) is 9.59 Å². The van der Waals surface area contributed by atoms with E-state index in [0.717, 1.165) is 56.7 Å². The van der Waals surface area contributed by atoms with Crippen LogP contribution in [0.15, 0.2) is 42.5 Å². The molecule has 0 saturated carbocycles. The van der Waals surface area contributed by atoms with Gasteiger partial charge in [-0.2, -0.15) is 0 Å². The lowest BCUT2D eigenvalue weighted by atomic mass is 9.90. The molecule has 2 amide bonds. The van der Waals surface area contributed by atoms with Gasteiger partial charge in [0.1, 0.15) is 17.4 Å². The van der Waals surface area contributed by atoms with Gasteiger partial charge in [0.2, 0.25) is 5.91 Å². The number of hydrogen-bond acceptors (Lipinski definition) is 3. The number of carbonyl (C=O) groups excluding carboxylic acids is 2. The lowest BCUT2D eigenvalue weighted by molar-refractivity contribution is -0.132. The van der Waals surface area contributed by atoms with Gasteiger partial charge in [-0.15, -0.1) is 0 Å². The van der Waals surface area contributed by atoms with Crippen LogP contribution in [0.25, 0.3) is 0 Å². The molecule has 2 aromatic rings. The molecule has 1 saturated heterocycles. The summed E-state index contributed by atoms with van der Waals surface area (Å²) in [4.78, 5) is 26.3. The number of likely N-dealkylation sites (tertiary alicyclic amines) is 1. The van der Waals surface area contributed by atoms with Crippen molar-refractivity contribution in [3.8, 4) is 5.75 Å². The summed E-state index contributed by atoms with van der Waals surface area (Å²) < 4.78 is 31.8. The molecule has 32 heavy (non-hydrogen) atoms. The number of piperidine rings is 1. The molecule has 0 aromatic heterocycles. The molecule has 1 aliphatic rings. The van der Waals surface area contributed by atoms with E-state index in [2.05, 4.69) is 17.4 Å². The maximum absolute atomic E-state index is 13.6. The van der Waals surface area contributed by atoms with Crippen LogP contribution in [-0.4, -0.2) is 43.5 Å². The van der Waals surface area contributed by atoms with Crippen LogP contribution in [0.4, 0.5) is 8.78 Å². The van der Waals surface area contributed by atoms with Crippen molar-refractivity contribution in [1.29, 1.82) is 0 Å². The van der Waals surface area contributed by atoms with Gasteiger partial charge in [-0.25, -0.2) is 8.78 Å². The van der Waals surface area contributed by atoms with Crippen molar-refractivity contribution in [2.24, 2.45) is 5.92 Å². The monoisotopic (exact) mass is 444 g/mol. The highest BCUT2D eigenvalue weighted by molar-refractivity contribution is 5.94. The molecule has 0 atom stereocenters. The third-order valence-corrected chi connectivity index (χ3v) is 6.00. The minimum atomic E-state index is -0.895. The van der Waals surface area contributed by atoms with Crippen LogP contribution in [0, 0.1) is 17.6 Å². The van der Waals surface area contributed by atoms with E-state index in [1.165, 1.54) is 5.56 Å². The highest BCUT2D eigenvalue weighted by atomic mass is 19.1. The van der Waals surface area contributed by atoms with Crippen LogP contribution >= 0.6 is 0 Å². The van der Waals surface area contributed by atoms with Crippen LogP contribution in [0.1, 0.15) is 48.0 Å². The first kappa shape index (κ1) is 23.7. The summed E-state index contributed by atoms with van der Waals surface area (Å²) in [7, 11) is 1.66. The fraction of sp³-hybridized carbons (Fsp3) is 0.440. The van der Waals surface area contributed by atoms with E-state index in [-0.39, 0.29) is 18.0 Å². The van der Waals surface area contributed by atoms with Gasteiger partial charge in [0.25, 0.3) is 5.91 Å². The lowest BCUT2D eigenvalue weighted by Crippen LogP contribution is -2.38. The number of amides is 2.